The molecule has 0 aliphatic heterocycles. The van der Waals surface area contributed by atoms with Crippen molar-refractivity contribution in [1.82, 2.24) is 4.98 Å². The molecule has 3 N–H and O–H groups in total. The molecule has 0 aliphatic rings. The molecule has 2 heterocycles. The zero-order chi connectivity index (χ0) is 12.8. The summed E-state index contributed by atoms with van der Waals surface area (Å²) in [7, 11) is -1.47. The lowest BCUT2D eigenvalue weighted by atomic mass is 9.86. The van der Waals surface area contributed by atoms with Crippen LogP contribution >= 0.6 is 11.3 Å². The highest BCUT2D eigenvalue weighted by atomic mass is 32.1. The van der Waals surface area contributed by atoms with E-state index < -0.39 is 12.7 Å². The minimum atomic E-state index is -1.47. The standard InChI is InChI=1S/C11H14BNO3S/c1-6-9-8(17-10(6)12(15)16)4-7(5-13-9)11(2,3)14/h4-5,14-16H,1-3H3. The Labute approximate surface area is 104 Å². The maximum absolute atomic E-state index is 9.90. The number of pyridine rings is 1. The van der Waals surface area contributed by atoms with E-state index in [1.807, 2.05) is 13.0 Å². The van der Waals surface area contributed by atoms with Gasteiger partial charge in [-0.25, -0.2) is 0 Å². The summed E-state index contributed by atoms with van der Waals surface area (Å²) in [6.07, 6.45) is 1.62. The van der Waals surface area contributed by atoms with Gasteiger partial charge in [-0.2, -0.15) is 0 Å². The van der Waals surface area contributed by atoms with E-state index in [0.717, 1.165) is 15.8 Å². The second-order valence-electron chi connectivity index (χ2n) is 4.59. The van der Waals surface area contributed by atoms with E-state index in [1.165, 1.54) is 11.3 Å². The summed E-state index contributed by atoms with van der Waals surface area (Å²) in [5.41, 5.74) is 1.30. The molecule has 0 atom stereocenters. The zero-order valence-electron chi connectivity index (χ0n) is 9.93. The van der Waals surface area contributed by atoms with Crippen molar-refractivity contribution < 1.29 is 15.2 Å². The van der Waals surface area contributed by atoms with Crippen LogP contribution in [0.1, 0.15) is 25.0 Å². The van der Waals surface area contributed by atoms with Crippen LogP contribution in [0.2, 0.25) is 0 Å². The number of hydrogen-bond acceptors (Lipinski definition) is 5. The molecule has 6 heteroatoms. The number of nitrogens with zero attached hydrogens (tertiary/aromatic N) is 1. The average molecular weight is 251 g/mol. The Hall–Kier alpha value is -0.945. The molecule has 0 saturated carbocycles. The smallest absolute Gasteiger partial charge is 0.423 e. The lowest BCUT2D eigenvalue weighted by Gasteiger charge is -2.16. The second-order valence-corrected chi connectivity index (χ2v) is 5.68. The fourth-order valence-corrected chi connectivity index (χ4v) is 2.78. The summed E-state index contributed by atoms with van der Waals surface area (Å²) >= 11 is 1.29. The van der Waals surface area contributed by atoms with Gasteiger partial charge in [0.05, 0.1) is 15.8 Å². The molecule has 2 aromatic heterocycles. The van der Waals surface area contributed by atoms with E-state index >= 15 is 0 Å². The number of thiophene rings is 1. The maximum atomic E-state index is 9.90. The number of hydrogen-bond donors (Lipinski definition) is 3. The quantitative estimate of drug-likeness (QED) is 0.680. The van der Waals surface area contributed by atoms with Crippen LogP contribution in [-0.4, -0.2) is 27.3 Å². The fourth-order valence-electron chi connectivity index (χ4n) is 1.70. The van der Waals surface area contributed by atoms with Gasteiger partial charge in [-0.3, -0.25) is 4.98 Å². The first-order valence-electron chi connectivity index (χ1n) is 5.28. The largest absolute Gasteiger partial charge is 0.499 e. The number of aryl methyl sites for hydroxylation is 1. The first kappa shape index (κ1) is 12.5. The zero-order valence-corrected chi connectivity index (χ0v) is 10.7. The van der Waals surface area contributed by atoms with Gasteiger partial charge in [0, 0.05) is 16.5 Å². The monoisotopic (exact) mass is 251 g/mol. The van der Waals surface area contributed by atoms with Crippen LogP contribution < -0.4 is 4.78 Å². The molecule has 0 spiro atoms. The Kier molecular flexibility index (Phi) is 2.99. The molecule has 0 aromatic carbocycles. The molecule has 17 heavy (non-hydrogen) atoms. The molecule has 0 unspecified atom stereocenters. The molecular weight excluding hydrogens is 237 g/mol. The van der Waals surface area contributed by atoms with Crippen LogP contribution in [-0.2, 0) is 5.60 Å². The predicted molar refractivity (Wildman–Crippen MR) is 69.4 cm³/mol. The summed E-state index contributed by atoms with van der Waals surface area (Å²) in [4.78, 5) is 4.28. The first-order chi connectivity index (χ1) is 7.80. The highest BCUT2D eigenvalue weighted by Crippen LogP contribution is 2.27. The topological polar surface area (TPSA) is 73.6 Å². The molecule has 0 fully saturated rings. The highest BCUT2D eigenvalue weighted by Gasteiger charge is 2.22. The summed E-state index contributed by atoms with van der Waals surface area (Å²) in [5, 5.41) is 28.3. The van der Waals surface area contributed by atoms with Gasteiger partial charge >= 0.3 is 7.12 Å². The number of fused-ring (bicyclic) bond motifs is 1. The molecule has 0 saturated heterocycles. The van der Waals surface area contributed by atoms with Crippen LogP contribution in [0, 0.1) is 6.92 Å². The van der Waals surface area contributed by atoms with Crippen LogP contribution in [0.15, 0.2) is 12.3 Å². The lowest BCUT2D eigenvalue weighted by Crippen LogP contribution is -2.28. The molecule has 90 valence electrons. The Morgan fingerprint density at radius 2 is 2.00 bits per heavy atom. The summed E-state index contributed by atoms with van der Waals surface area (Å²) < 4.78 is 1.35. The van der Waals surface area contributed by atoms with Crippen LogP contribution in [0.25, 0.3) is 10.2 Å². The van der Waals surface area contributed by atoms with E-state index in [9.17, 15) is 15.2 Å². The molecule has 0 amide bonds. The lowest BCUT2D eigenvalue weighted by molar-refractivity contribution is 0.0784. The van der Waals surface area contributed by atoms with Crippen molar-refractivity contribution in [3.63, 3.8) is 0 Å². The molecule has 0 bridgehead atoms. The van der Waals surface area contributed by atoms with E-state index in [2.05, 4.69) is 4.98 Å². The van der Waals surface area contributed by atoms with Crippen LogP contribution in [0.4, 0.5) is 0 Å². The van der Waals surface area contributed by atoms with Gasteiger partial charge < -0.3 is 15.2 Å². The Bertz CT molecular complexity index is 560. The average Bonchev–Trinajstić information content (AvgIpc) is 2.54. The van der Waals surface area contributed by atoms with Gasteiger partial charge in [0.2, 0.25) is 0 Å². The third-order valence-electron chi connectivity index (χ3n) is 2.74. The SMILES string of the molecule is Cc1c(B(O)O)sc2cc(C(C)(C)O)cnc12. The minimum Gasteiger partial charge on any atom is -0.423 e. The second kappa shape index (κ2) is 4.06. The molecular formula is C11H14BNO3S. The third kappa shape index (κ3) is 2.21. The van der Waals surface area contributed by atoms with E-state index in [0.29, 0.717) is 10.3 Å². The Balaban J connectivity index is 2.64. The van der Waals surface area contributed by atoms with Gasteiger partial charge in [0.25, 0.3) is 0 Å². The molecule has 0 aliphatic carbocycles. The fraction of sp³-hybridized carbons (Fsp3) is 0.364. The van der Waals surface area contributed by atoms with E-state index in [4.69, 9.17) is 0 Å². The first-order valence-corrected chi connectivity index (χ1v) is 6.10. The number of rotatable bonds is 2. The maximum Gasteiger partial charge on any atom is 0.499 e. The molecule has 2 rings (SSSR count). The van der Waals surface area contributed by atoms with Crippen molar-refractivity contribution in [3.05, 3.63) is 23.4 Å². The number of aliphatic hydroxyl groups is 1. The van der Waals surface area contributed by atoms with Crippen LogP contribution in [0.5, 0.6) is 0 Å². The minimum absolute atomic E-state index is 0.500. The van der Waals surface area contributed by atoms with Crippen molar-refractivity contribution in [2.75, 3.05) is 0 Å². The third-order valence-corrected chi connectivity index (χ3v) is 4.01. The van der Waals surface area contributed by atoms with Gasteiger partial charge in [-0.05, 0) is 32.4 Å². The van der Waals surface area contributed by atoms with Crippen molar-refractivity contribution in [2.45, 2.75) is 26.4 Å². The Morgan fingerprint density at radius 1 is 1.35 bits per heavy atom. The van der Waals surface area contributed by atoms with E-state index in [-0.39, 0.29) is 0 Å². The highest BCUT2D eigenvalue weighted by molar-refractivity contribution is 7.28. The number of aromatic nitrogens is 1. The van der Waals surface area contributed by atoms with Gasteiger partial charge in [0.15, 0.2) is 0 Å². The predicted octanol–water partition coefficient (Wildman–Crippen LogP) is 0.512. The summed E-state index contributed by atoms with van der Waals surface area (Å²) in [5.74, 6) is 0. The molecule has 2 aromatic rings. The van der Waals surface area contributed by atoms with Gasteiger partial charge in [0.1, 0.15) is 0 Å². The van der Waals surface area contributed by atoms with Crippen LogP contribution in [0.3, 0.4) is 0 Å². The molecule has 4 nitrogen and oxygen atoms in total. The van der Waals surface area contributed by atoms with Crippen molar-refractivity contribution in [3.8, 4) is 0 Å². The summed E-state index contributed by atoms with van der Waals surface area (Å²) in [6, 6.07) is 1.84. The van der Waals surface area contributed by atoms with Crippen molar-refractivity contribution >= 4 is 33.4 Å². The van der Waals surface area contributed by atoms with Gasteiger partial charge in [-0.15, -0.1) is 11.3 Å². The Morgan fingerprint density at radius 3 is 2.53 bits per heavy atom. The normalized spacial score (nSPS) is 12.1. The van der Waals surface area contributed by atoms with Crippen molar-refractivity contribution in [2.24, 2.45) is 0 Å². The molecule has 0 radical (unpaired) electrons. The van der Waals surface area contributed by atoms with Crippen molar-refractivity contribution in [1.29, 1.82) is 0 Å². The summed E-state index contributed by atoms with van der Waals surface area (Å²) in [6.45, 7) is 5.20. The van der Waals surface area contributed by atoms with Gasteiger partial charge in [-0.1, -0.05) is 0 Å². The van der Waals surface area contributed by atoms with E-state index in [1.54, 1.807) is 20.0 Å².